The second-order valence-corrected chi connectivity index (χ2v) is 7.86. The number of anilines is 1. The quantitative estimate of drug-likeness (QED) is 0.535. The van der Waals surface area contributed by atoms with Crippen molar-refractivity contribution in [1.82, 2.24) is 10.2 Å². The van der Waals surface area contributed by atoms with Gasteiger partial charge in [-0.25, -0.2) is 4.79 Å². The Hall–Kier alpha value is -2.86. The molecule has 1 aliphatic heterocycles. The first-order chi connectivity index (χ1) is 14.4. The Bertz CT molecular complexity index is 923. The Morgan fingerprint density at radius 1 is 1.13 bits per heavy atom. The first kappa shape index (κ1) is 21.8. The molecule has 0 fully saturated rings. The third kappa shape index (κ3) is 4.82. The molecule has 1 N–H and O–H groups in total. The van der Waals surface area contributed by atoms with E-state index in [9.17, 15) is 4.79 Å². The summed E-state index contributed by atoms with van der Waals surface area (Å²) in [6.07, 6.45) is 0.832. The second-order valence-electron chi connectivity index (χ2n) is 7.48. The number of esters is 1. The molecular weight excluding hydrogens is 394 g/mol. The minimum atomic E-state index is -0.333. The van der Waals surface area contributed by atoms with Crippen LogP contribution in [0.3, 0.4) is 0 Å². The lowest BCUT2D eigenvalue weighted by atomic mass is 9.94. The molecular formula is C24H29N3O2S. The van der Waals surface area contributed by atoms with Crippen LogP contribution in [0.4, 0.5) is 5.69 Å². The lowest BCUT2D eigenvalue weighted by molar-refractivity contribution is -0.139. The van der Waals surface area contributed by atoms with Crippen molar-refractivity contribution in [2.24, 2.45) is 0 Å². The highest BCUT2D eigenvalue weighted by Crippen LogP contribution is 2.32. The molecule has 2 aromatic rings. The van der Waals surface area contributed by atoms with Crippen LogP contribution < -0.4 is 10.2 Å². The fourth-order valence-corrected chi connectivity index (χ4v) is 3.97. The van der Waals surface area contributed by atoms with Crippen LogP contribution in [0.25, 0.3) is 0 Å². The van der Waals surface area contributed by atoms with Crippen molar-refractivity contribution < 1.29 is 9.53 Å². The number of nitrogens with zero attached hydrogens (tertiary/aromatic N) is 2. The molecule has 1 aliphatic rings. The van der Waals surface area contributed by atoms with E-state index in [-0.39, 0.29) is 12.0 Å². The maximum Gasteiger partial charge on any atom is 0.338 e. The minimum absolute atomic E-state index is 0.309. The first-order valence-corrected chi connectivity index (χ1v) is 10.6. The van der Waals surface area contributed by atoms with Crippen molar-refractivity contribution in [3.8, 4) is 0 Å². The number of ether oxygens (including phenoxy) is 1. The van der Waals surface area contributed by atoms with E-state index in [1.54, 1.807) is 0 Å². The van der Waals surface area contributed by atoms with Crippen LogP contribution in [0.2, 0.25) is 0 Å². The van der Waals surface area contributed by atoms with Gasteiger partial charge in [0.05, 0.1) is 18.2 Å². The topological polar surface area (TPSA) is 44.8 Å². The van der Waals surface area contributed by atoms with Gasteiger partial charge in [0.1, 0.15) is 0 Å². The molecule has 3 rings (SSSR count). The summed E-state index contributed by atoms with van der Waals surface area (Å²) in [5.74, 6) is -0.309. The number of carbonyl (C=O) groups excluding carboxylic acids is 1. The Kier molecular flexibility index (Phi) is 7.11. The number of allylic oxidation sites excluding steroid dienone is 1. The number of hydrogen-bond acceptors (Lipinski definition) is 4. The zero-order valence-corrected chi connectivity index (χ0v) is 18.8. The Balaban J connectivity index is 1.92. The predicted molar refractivity (Wildman–Crippen MR) is 125 cm³/mol. The van der Waals surface area contributed by atoms with Gasteiger partial charge in [-0.15, -0.1) is 0 Å². The number of rotatable bonds is 7. The van der Waals surface area contributed by atoms with Gasteiger partial charge in [-0.2, -0.15) is 0 Å². The van der Waals surface area contributed by atoms with Crippen molar-refractivity contribution in [3.63, 3.8) is 0 Å². The smallest absolute Gasteiger partial charge is 0.338 e. The zero-order valence-electron chi connectivity index (χ0n) is 18.0. The van der Waals surface area contributed by atoms with Gasteiger partial charge in [-0.05, 0) is 55.7 Å². The molecule has 30 heavy (non-hydrogen) atoms. The van der Waals surface area contributed by atoms with E-state index in [4.69, 9.17) is 17.0 Å². The molecule has 2 aromatic carbocycles. The van der Waals surface area contributed by atoms with Gasteiger partial charge in [0, 0.05) is 32.0 Å². The molecule has 0 unspecified atom stereocenters. The highest BCUT2D eigenvalue weighted by Gasteiger charge is 2.34. The molecule has 1 heterocycles. The monoisotopic (exact) mass is 423 g/mol. The van der Waals surface area contributed by atoms with Crippen molar-refractivity contribution in [1.29, 1.82) is 0 Å². The largest absolute Gasteiger partial charge is 0.463 e. The third-order valence-electron chi connectivity index (χ3n) is 5.30. The van der Waals surface area contributed by atoms with Crippen LogP contribution in [0, 0.1) is 0 Å². The summed E-state index contributed by atoms with van der Waals surface area (Å²) in [5.41, 5.74) is 4.76. The molecule has 0 radical (unpaired) electrons. The van der Waals surface area contributed by atoms with E-state index >= 15 is 0 Å². The molecule has 0 saturated carbocycles. The maximum absolute atomic E-state index is 12.9. The molecule has 5 nitrogen and oxygen atoms in total. The fraction of sp³-hybridized carbons (Fsp3) is 0.333. The van der Waals surface area contributed by atoms with Crippen molar-refractivity contribution >= 4 is 29.0 Å². The summed E-state index contributed by atoms with van der Waals surface area (Å²) in [6, 6.07) is 18.1. The molecule has 0 aromatic heterocycles. The summed E-state index contributed by atoms with van der Waals surface area (Å²) in [7, 11) is 4.00. The SMILES string of the molecule is CCOC(=O)C1=C(C)N(CCc2ccccc2)C(=S)N[C@@H]1c1ccc(N(C)C)cc1. The number of benzene rings is 2. The molecule has 0 spiro atoms. The molecule has 6 heteroatoms. The summed E-state index contributed by atoms with van der Waals surface area (Å²) in [6.45, 7) is 4.79. The van der Waals surface area contributed by atoms with Gasteiger partial charge in [0.25, 0.3) is 0 Å². The van der Waals surface area contributed by atoms with E-state index in [0.29, 0.717) is 23.8 Å². The van der Waals surface area contributed by atoms with Crippen molar-refractivity contribution in [3.05, 3.63) is 77.0 Å². The van der Waals surface area contributed by atoms with Crippen LogP contribution >= 0.6 is 12.2 Å². The molecule has 1 atom stereocenters. The number of carbonyl (C=O) groups is 1. The number of hydrogen-bond donors (Lipinski definition) is 1. The van der Waals surface area contributed by atoms with Crippen LogP contribution in [0.5, 0.6) is 0 Å². The normalized spacial score (nSPS) is 16.3. The van der Waals surface area contributed by atoms with Gasteiger partial charge in [-0.3, -0.25) is 0 Å². The van der Waals surface area contributed by atoms with E-state index in [1.807, 2.05) is 80.2 Å². The van der Waals surface area contributed by atoms with Crippen LogP contribution in [0.1, 0.15) is 31.0 Å². The average Bonchev–Trinajstić information content (AvgIpc) is 2.74. The second kappa shape index (κ2) is 9.76. The lowest BCUT2D eigenvalue weighted by Crippen LogP contribution is -2.48. The summed E-state index contributed by atoms with van der Waals surface area (Å²) in [4.78, 5) is 16.9. The Morgan fingerprint density at radius 3 is 2.40 bits per heavy atom. The molecule has 0 aliphatic carbocycles. The van der Waals surface area contributed by atoms with Crippen LogP contribution in [-0.4, -0.2) is 43.2 Å². The van der Waals surface area contributed by atoms with Gasteiger partial charge < -0.3 is 19.9 Å². The van der Waals surface area contributed by atoms with E-state index in [0.717, 1.165) is 23.4 Å². The average molecular weight is 424 g/mol. The first-order valence-electron chi connectivity index (χ1n) is 10.2. The van der Waals surface area contributed by atoms with Gasteiger partial charge in [0.2, 0.25) is 0 Å². The number of thiocarbonyl (C=S) groups is 1. The highest BCUT2D eigenvalue weighted by atomic mass is 32.1. The van der Waals surface area contributed by atoms with Crippen LogP contribution in [0.15, 0.2) is 65.9 Å². The lowest BCUT2D eigenvalue weighted by Gasteiger charge is -2.37. The Labute approximate surface area is 184 Å². The standard InChI is InChI=1S/C24H29N3O2S/c1-5-29-23(28)21-17(2)27(16-15-18-9-7-6-8-10-18)24(30)25-22(21)19-11-13-20(14-12-19)26(3)4/h6-14,22H,5,15-16H2,1-4H3,(H,25,30)/t22-/m1/s1. The zero-order chi connectivity index (χ0) is 21.7. The molecule has 0 bridgehead atoms. The summed E-state index contributed by atoms with van der Waals surface area (Å²) >= 11 is 5.69. The van der Waals surface area contributed by atoms with Crippen molar-refractivity contribution in [2.75, 3.05) is 32.1 Å². The summed E-state index contributed by atoms with van der Waals surface area (Å²) in [5, 5.41) is 4.00. The van der Waals surface area contributed by atoms with Crippen molar-refractivity contribution in [2.45, 2.75) is 26.3 Å². The third-order valence-corrected chi connectivity index (χ3v) is 5.64. The summed E-state index contributed by atoms with van der Waals surface area (Å²) < 4.78 is 5.40. The van der Waals surface area contributed by atoms with E-state index in [2.05, 4.69) is 17.4 Å². The molecule has 0 saturated heterocycles. The predicted octanol–water partition coefficient (Wildman–Crippen LogP) is 4.06. The van der Waals surface area contributed by atoms with Gasteiger partial charge in [-0.1, -0.05) is 42.5 Å². The Morgan fingerprint density at radius 2 is 1.80 bits per heavy atom. The number of nitrogens with one attached hydrogen (secondary N) is 1. The highest BCUT2D eigenvalue weighted by molar-refractivity contribution is 7.80. The molecule has 0 amide bonds. The maximum atomic E-state index is 12.9. The van der Waals surface area contributed by atoms with Crippen LogP contribution in [-0.2, 0) is 16.0 Å². The van der Waals surface area contributed by atoms with Gasteiger partial charge in [0.15, 0.2) is 5.11 Å². The minimum Gasteiger partial charge on any atom is -0.463 e. The fourth-order valence-electron chi connectivity index (χ4n) is 3.62. The van der Waals surface area contributed by atoms with E-state index < -0.39 is 0 Å². The molecule has 158 valence electrons. The van der Waals surface area contributed by atoms with E-state index in [1.165, 1.54) is 5.56 Å². The van der Waals surface area contributed by atoms with Gasteiger partial charge >= 0.3 is 5.97 Å².